The zero-order valence-electron chi connectivity index (χ0n) is 11.4. The van der Waals surface area contributed by atoms with Gasteiger partial charge in [0.05, 0.1) is 5.69 Å². The predicted octanol–water partition coefficient (Wildman–Crippen LogP) is 2.55. The summed E-state index contributed by atoms with van der Waals surface area (Å²) < 4.78 is 2.05. The highest BCUT2D eigenvalue weighted by atomic mass is 15.1. The maximum Gasteiger partial charge on any atom is 0.142 e. The molecule has 2 rings (SSSR count). The van der Waals surface area contributed by atoms with Gasteiger partial charge in [0.2, 0.25) is 0 Å². The molecule has 2 aromatic rings. The van der Waals surface area contributed by atoms with Crippen LogP contribution in [0.5, 0.6) is 0 Å². The van der Waals surface area contributed by atoms with Gasteiger partial charge in [0, 0.05) is 23.5 Å². The monoisotopic (exact) mass is 244 g/mol. The number of pyridine rings is 1. The normalized spacial score (nSPS) is 12.7. The molecule has 0 radical (unpaired) electrons. The van der Waals surface area contributed by atoms with Crippen molar-refractivity contribution in [3.05, 3.63) is 41.6 Å². The number of rotatable bonds is 4. The Hall–Kier alpha value is -1.68. The van der Waals surface area contributed by atoms with Gasteiger partial charge in [0.25, 0.3) is 0 Å². The predicted molar refractivity (Wildman–Crippen MR) is 72.9 cm³/mol. The second-order valence-corrected chi connectivity index (χ2v) is 4.48. The first kappa shape index (κ1) is 12.8. The van der Waals surface area contributed by atoms with Crippen molar-refractivity contribution in [1.82, 2.24) is 19.9 Å². The molecule has 96 valence electrons. The molecule has 2 aromatic heterocycles. The second-order valence-electron chi connectivity index (χ2n) is 4.48. The number of nitrogens with one attached hydrogen (secondary N) is 1. The number of imidazole rings is 1. The summed E-state index contributed by atoms with van der Waals surface area (Å²) in [5.41, 5.74) is 3.38. The van der Waals surface area contributed by atoms with E-state index in [1.807, 2.05) is 25.5 Å². The summed E-state index contributed by atoms with van der Waals surface area (Å²) in [7, 11) is 0. The number of hydrogen-bond donors (Lipinski definition) is 1. The van der Waals surface area contributed by atoms with Crippen molar-refractivity contribution < 1.29 is 0 Å². The summed E-state index contributed by atoms with van der Waals surface area (Å²) in [4.78, 5) is 8.85. The number of aromatic nitrogens is 3. The van der Waals surface area contributed by atoms with Crippen molar-refractivity contribution >= 4 is 0 Å². The molecule has 4 nitrogen and oxygen atoms in total. The third kappa shape index (κ3) is 2.29. The van der Waals surface area contributed by atoms with Gasteiger partial charge in [-0.15, -0.1) is 0 Å². The lowest BCUT2D eigenvalue weighted by Gasteiger charge is -2.17. The summed E-state index contributed by atoms with van der Waals surface area (Å²) >= 11 is 0. The zero-order chi connectivity index (χ0) is 13.1. The minimum Gasteiger partial charge on any atom is -0.310 e. The van der Waals surface area contributed by atoms with E-state index in [4.69, 9.17) is 0 Å². The molecule has 18 heavy (non-hydrogen) atoms. The lowest BCUT2D eigenvalue weighted by molar-refractivity contribution is 0.592. The van der Waals surface area contributed by atoms with Gasteiger partial charge in [-0.25, -0.2) is 9.97 Å². The van der Waals surface area contributed by atoms with Gasteiger partial charge in [0.1, 0.15) is 12.1 Å². The van der Waals surface area contributed by atoms with Crippen LogP contribution in [-0.4, -0.2) is 21.1 Å². The molecule has 0 fully saturated rings. The van der Waals surface area contributed by atoms with Crippen molar-refractivity contribution in [2.45, 2.75) is 33.7 Å². The van der Waals surface area contributed by atoms with Crippen molar-refractivity contribution in [3.8, 4) is 5.82 Å². The van der Waals surface area contributed by atoms with Crippen LogP contribution < -0.4 is 5.32 Å². The average molecular weight is 244 g/mol. The Balaban J connectivity index is 2.48. The van der Waals surface area contributed by atoms with Crippen LogP contribution in [0.15, 0.2) is 24.7 Å². The largest absolute Gasteiger partial charge is 0.310 e. The summed E-state index contributed by atoms with van der Waals surface area (Å²) in [6, 6.07) is 4.37. The van der Waals surface area contributed by atoms with E-state index < -0.39 is 0 Å². The maximum atomic E-state index is 4.51. The van der Waals surface area contributed by atoms with E-state index in [0.29, 0.717) is 0 Å². The Morgan fingerprint density at radius 2 is 2.11 bits per heavy atom. The molecule has 0 aliphatic rings. The van der Waals surface area contributed by atoms with Crippen LogP contribution in [0.4, 0.5) is 0 Å². The second kappa shape index (κ2) is 5.31. The van der Waals surface area contributed by atoms with Gasteiger partial charge >= 0.3 is 0 Å². The molecular weight excluding hydrogens is 224 g/mol. The van der Waals surface area contributed by atoms with Gasteiger partial charge < -0.3 is 5.32 Å². The highest BCUT2D eigenvalue weighted by Gasteiger charge is 2.14. The minimum absolute atomic E-state index is 0.279. The lowest BCUT2D eigenvalue weighted by atomic mass is 10.1. The molecule has 1 N–H and O–H groups in total. The molecular formula is C14H20N4. The zero-order valence-corrected chi connectivity index (χ0v) is 11.4. The molecule has 0 bridgehead atoms. The lowest BCUT2D eigenvalue weighted by Crippen LogP contribution is -2.20. The van der Waals surface area contributed by atoms with Crippen LogP contribution in [0.3, 0.4) is 0 Å². The fourth-order valence-corrected chi connectivity index (χ4v) is 2.08. The summed E-state index contributed by atoms with van der Waals surface area (Å²) in [6.45, 7) is 9.29. The van der Waals surface area contributed by atoms with Gasteiger partial charge in [-0.05, 0) is 33.4 Å². The molecule has 2 heterocycles. The highest BCUT2D eigenvalue weighted by Crippen LogP contribution is 2.21. The first-order chi connectivity index (χ1) is 8.65. The van der Waals surface area contributed by atoms with Gasteiger partial charge in [-0.3, -0.25) is 4.57 Å². The minimum atomic E-state index is 0.279. The van der Waals surface area contributed by atoms with Crippen molar-refractivity contribution in [3.63, 3.8) is 0 Å². The molecule has 0 amide bonds. The van der Waals surface area contributed by atoms with Crippen LogP contribution in [0.2, 0.25) is 0 Å². The molecule has 0 aliphatic carbocycles. The highest BCUT2D eigenvalue weighted by molar-refractivity contribution is 5.38. The molecule has 0 aromatic carbocycles. The van der Waals surface area contributed by atoms with Gasteiger partial charge in [-0.1, -0.05) is 13.0 Å². The SMILES string of the molecule is CCNC(C)c1cccnc1-n1cnc(C)c1C. The van der Waals surface area contributed by atoms with E-state index in [9.17, 15) is 0 Å². The first-order valence-corrected chi connectivity index (χ1v) is 6.34. The first-order valence-electron chi connectivity index (χ1n) is 6.34. The molecule has 1 atom stereocenters. The number of aryl methyl sites for hydroxylation is 1. The number of hydrogen-bond acceptors (Lipinski definition) is 3. The molecule has 0 aliphatic heterocycles. The van der Waals surface area contributed by atoms with Crippen molar-refractivity contribution in [1.29, 1.82) is 0 Å². The Morgan fingerprint density at radius 1 is 1.33 bits per heavy atom. The molecule has 0 saturated carbocycles. The third-order valence-electron chi connectivity index (χ3n) is 3.27. The fourth-order valence-electron chi connectivity index (χ4n) is 2.08. The molecule has 0 saturated heterocycles. The number of nitrogens with zero attached hydrogens (tertiary/aromatic N) is 3. The quantitative estimate of drug-likeness (QED) is 0.898. The van der Waals surface area contributed by atoms with Crippen LogP contribution in [-0.2, 0) is 0 Å². The summed E-state index contributed by atoms with van der Waals surface area (Å²) in [5.74, 6) is 0.962. The summed E-state index contributed by atoms with van der Waals surface area (Å²) in [6.07, 6.45) is 3.67. The van der Waals surface area contributed by atoms with E-state index in [0.717, 1.165) is 23.8 Å². The van der Waals surface area contributed by atoms with Crippen LogP contribution >= 0.6 is 0 Å². The topological polar surface area (TPSA) is 42.7 Å². The van der Waals surface area contributed by atoms with Crippen LogP contribution in [0.25, 0.3) is 5.82 Å². The summed E-state index contributed by atoms with van der Waals surface area (Å²) in [5, 5.41) is 3.42. The van der Waals surface area contributed by atoms with E-state index in [2.05, 4.69) is 46.7 Å². The third-order valence-corrected chi connectivity index (χ3v) is 3.27. The van der Waals surface area contributed by atoms with Gasteiger partial charge in [0.15, 0.2) is 0 Å². The van der Waals surface area contributed by atoms with E-state index in [1.54, 1.807) is 0 Å². The molecule has 4 heteroatoms. The maximum absolute atomic E-state index is 4.51. The van der Waals surface area contributed by atoms with E-state index in [-0.39, 0.29) is 6.04 Å². The smallest absolute Gasteiger partial charge is 0.142 e. The van der Waals surface area contributed by atoms with Crippen molar-refractivity contribution in [2.75, 3.05) is 6.54 Å². The fraction of sp³-hybridized carbons (Fsp3) is 0.429. The van der Waals surface area contributed by atoms with Gasteiger partial charge in [-0.2, -0.15) is 0 Å². The Bertz CT molecular complexity index is 530. The van der Waals surface area contributed by atoms with Crippen molar-refractivity contribution in [2.24, 2.45) is 0 Å². The van der Waals surface area contributed by atoms with E-state index >= 15 is 0 Å². The Kier molecular flexibility index (Phi) is 3.77. The van der Waals surface area contributed by atoms with Crippen LogP contribution in [0, 0.1) is 13.8 Å². The Morgan fingerprint density at radius 3 is 2.72 bits per heavy atom. The van der Waals surface area contributed by atoms with Crippen LogP contribution in [0.1, 0.15) is 36.8 Å². The molecule has 1 unspecified atom stereocenters. The molecule has 0 spiro atoms. The Labute approximate surface area is 108 Å². The average Bonchev–Trinajstić information content (AvgIpc) is 2.70. The van der Waals surface area contributed by atoms with E-state index in [1.165, 1.54) is 5.56 Å². The standard InChI is InChI=1S/C14H20N4/c1-5-15-11(3)13-7-6-8-16-14(13)18-9-17-10(2)12(18)4/h6-9,11,15H,5H2,1-4H3.